The van der Waals surface area contributed by atoms with Gasteiger partial charge in [0.05, 0.1) is 33.3 Å². The van der Waals surface area contributed by atoms with Crippen LogP contribution in [0, 0.1) is 32.8 Å². The molecule has 2 fully saturated rings. The Labute approximate surface area is 219 Å². The zero-order valence-electron chi connectivity index (χ0n) is 21.1. The zero-order chi connectivity index (χ0) is 26.8. The van der Waals surface area contributed by atoms with Crippen LogP contribution in [0.15, 0.2) is 84.9 Å². The first-order valence-corrected chi connectivity index (χ1v) is 12.8. The number of hydrogen-bond acceptors (Lipinski definition) is 5. The maximum Gasteiger partial charge on any atom is 0.271 e. The van der Waals surface area contributed by atoms with E-state index in [1.165, 1.54) is 24.3 Å². The first-order chi connectivity index (χ1) is 18.3. The fourth-order valence-corrected chi connectivity index (χ4v) is 7.36. The second-order valence-corrected chi connectivity index (χ2v) is 10.5. The number of allylic oxidation sites excluding steroid dienone is 2. The minimum absolute atomic E-state index is 0.0834. The van der Waals surface area contributed by atoms with E-state index in [1.54, 1.807) is 0 Å². The number of Topliss-reactive ketones (excluding diaryl/α,β-unsaturated/α-hetero) is 1. The van der Waals surface area contributed by atoms with Crippen molar-refractivity contribution in [2.75, 3.05) is 4.90 Å². The average Bonchev–Trinajstić information content (AvgIpc) is 3.39. The van der Waals surface area contributed by atoms with Crippen molar-refractivity contribution < 1.29 is 19.3 Å². The molecule has 4 atom stereocenters. The number of nitro groups is 1. The SMILES string of the molecule is CCCC12C(=O)C(C)(C(c3ccccc3)=C1c1ccccc1)C1C(=O)N(c3cccc([N+](=O)[O-])c3)C(=O)C12. The summed E-state index contributed by atoms with van der Waals surface area (Å²) < 4.78 is 0. The lowest BCUT2D eigenvalue weighted by Crippen LogP contribution is -2.41. The van der Waals surface area contributed by atoms with Gasteiger partial charge in [0, 0.05) is 12.1 Å². The molecule has 3 aromatic carbocycles. The molecular weight excluding hydrogens is 480 g/mol. The monoisotopic (exact) mass is 506 g/mol. The second-order valence-electron chi connectivity index (χ2n) is 10.5. The molecule has 2 aliphatic carbocycles. The van der Waals surface area contributed by atoms with Crippen molar-refractivity contribution in [1.29, 1.82) is 0 Å². The third kappa shape index (κ3) is 2.87. The largest absolute Gasteiger partial charge is 0.298 e. The van der Waals surface area contributed by atoms with Crippen LogP contribution < -0.4 is 4.90 Å². The van der Waals surface area contributed by atoms with E-state index in [2.05, 4.69) is 0 Å². The third-order valence-corrected chi connectivity index (χ3v) is 8.62. The molecule has 1 heterocycles. The van der Waals surface area contributed by atoms with Crippen LogP contribution in [0.2, 0.25) is 0 Å². The summed E-state index contributed by atoms with van der Waals surface area (Å²) in [5, 5.41) is 11.4. The fraction of sp³-hybridized carbons (Fsp3) is 0.258. The summed E-state index contributed by atoms with van der Waals surface area (Å²) in [7, 11) is 0. The Kier molecular flexibility index (Phi) is 5.24. The Morgan fingerprint density at radius 2 is 1.39 bits per heavy atom. The Bertz CT molecular complexity index is 1550. The molecule has 0 N–H and O–H groups in total. The van der Waals surface area contributed by atoms with Crippen LogP contribution in [0.25, 0.3) is 11.1 Å². The molecule has 190 valence electrons. The van der Waals surface area contributed by atoms with Gasteiger partial charge in [-0.25, -0.2) is 4.90 Å². The molecule has 3 aromatic rings. The third-order valence-electron chi connectivity index (χ3n) is 8.62. The highest BCUT2D eigenvalue weighted by atomic mass is 16.6. The number of ketones is 1. The molecule has 1 saturated carbocycles. The van der Waals surface area contributed by atoms with Crippen molar-refractivity contribution in [2.45, 2.75) is 26.7 Å². The van der Waals surface area contributed by atoms with Crippen LogP contribution in [0.1, 0.15) is 37.8 Å². The van der Waals surface area contributed by atoms with Gasteiger partial charge < -0.3 is 0 Å². The van der Waals surface area contributed by atoms with E-state index in [0.29, 0.717) is 12.8 Å². The van der Waals surface area contributed by atoms with Gasteiger partial charge in [0.15, 0.2) is 5.78 Å². The van der Waals surface area contributed by atoms with Crippen LogP contribution in [-0.4, -0.2) is 22.5 Å². The van der Waals surface area contributed by atoms with Gasteiger partial charge in [0.25, 0.3) is 5.69 Å². The van der Waals surface area contributed by atoms with E-state index in [0.717, 1.165) is 27.2 Å². The minimum atomic E-state index is -1.23. The summed E-state index contributed by atoms with van der Waals surface area (Å²) in [4.78, 5) is 54.9. The van der Waals surface area contributed by atoms with E-state index in [1.807, 2.05) is 74.5 Å². The molecule has 3 aliphatic rings. The molecule has 2 bridgehead atoms. The highest BCUT2D eigenvalue weighted by Gasteiger charge is 2.80. The van der Waals surface area contributed by atoms with Crippen LogP contribution in [0.5, 0.6) is 0 Å². The molecule has 0 aromatic heterocycles. The van der Waals surface area contributed by atoms with Gasteiger partial charge in [-0.15, -0.1) is 0 Å². The quantitative estimate of drug-likeness (QED) is 0.243. The predicted octanol–water partition coefficient (Wildman–Crippen LogP) is 5.70. The topological polar surface area (TPSA) is 97.6 Å². The number of amides is 2. The standard InChI is InChI=1S/C31H26N2O5/c1-3-17-31-24(20-13-8-5-9-14-20)23(19-11-6-4-7-12-19)30(2,29(31)36)25-26(31)28(35)32(27(25)34)21-15-10-16-22(18-21)33(37)38/h4-16,18,25-26H,3,17H2,1-2H3. The maximum absolute atomic E-state index is 14.6. The molecule has 1 aliphatic heterocycles. The van der Waals surface area contributed by atoms with E-state index in [9.17, 15) is 24.5 Å². The Morgan fingerprint density at radius 3 is 1.97 bits per heavy atom. The Balaban J connectivity index is 1.63. The van der Waals surface area contributed by atoms with Gasteiger partial charge in [-0.2, -0.15) is 0 Å². The summed E-state index contributed by atoms with van der Waals surface area (Å²) in [6, 6.07) is 24.9. The summed E-state index contributed by atoms with van der Waals surface area (Å²) in [6.45, 7) is 3.79. The van der Waals surface area contributed by atoms with Gasteiger partial charge in [-0.1, -0.05) is 80.1 Å². The predicted molar refractivity (Wildman–Crippen MR) is 143 cm³/mol. The first kappa shape index (κ1) is 24.0. The van der Waals surface area contributed by atoms with E-state index >= 15 is 0 Å². The average molecular weight is 507 g/mol. The summed E-state index contributed by atoms with van der Waals surface area (Å²) in [5.41, 5.74) is 0.886. The highest BCUT2D eigenvalue weighted by molar-refractivity contribution is 6.34. The molecular formula is C31H26N2O5. The van der Waals surface area contributed by atoms with Crippen LogP contribution in [0.3, 0.4) is 0 Å². The van der Waals surface area contributed by atoms with E-state index in [4.69, 9.17) is 0 Å². The Hall–Kier alpha value is -4.39. The summed E-state index contributed by atoms with van der Waals surface area (Å²) in [5.74, 6) is -2.80. The lowest BCUT2D eigenvalue weighted by atomic mass is 9.61. The van der Waals surface area contributed by atoms with E-state index in [-0.39, 0.29) is 17.2 Å². The molecule has 7 heteroatoms. The summed E-state index contributed by atoms with van der Waals surface area (Å²) >= 11 is 0. The van der Waals surface area contributed by atoms with E-state index < -0.39 is 39.4 Å². The number of hydrogen-bond donors (Lipinski definition) is 0. The van der Waals surface area contributed by atoms with Crippen molar-refractivity contribution in [2.24, 2.45) is 22.7 Å². The van der Waals surface area contributed by atoms with Gasteiger partial charge >= 0.3 is 0 Å². The number of carbonyl (C=O) groups is 3. The van der Waals surface area contributed by atoms with Crippen molar-refractivity contribution in [1.82, 2.24) is 0 Å². The number of imide groups is 1. The van der Waals surface area contributed by atoms with Gasteiger partial charge in [0.2, 0.25) is 11.8 Å². The minimum Gasteiger partial charge on any atom is -0.298 e. The number of rotatable bonds is 6. The number of nitro benzene ring substituents is 1. The zero-order valence-corrected chi connectivity index (χ0v) is 21.1. The van der Waals surface area contributed by atoms with Crippen LogP contribution in [-0.2, 0) is 14.4 Å². The number of fused-ring (bicyclic) bond motifs is 5. The van der Waals surface area contributed by atoms with Crippen LogP contribution >= 0.6 is 0 Å². The van der Waals surface area contributed by atoms with Gasteiger partial charge in [0.1, 0.15) is 0 Å². The smallest absolute Gasteiger partial charge is 0.271 e. The highest BCUT2D eigenvalue weighted by Crippen LogP contribution is 2.75. The lowest BCUT2D eigenvalue weighted by molar-refractivity contribution is -0.384. The first-order valence-electron chi connectivity index (χ1n) is 12.8. The lowest BCUT2D eigenvalue weighted by Gasteiger charge is -2.37. The molecule has 4 unspecified atom stereocenters. The number of carbonyl (C=O) groups excluding carboxylic acids is 3. The van der Waals surface area contributed by atoms with Crippen molar-refractivity contribution >= 4 is 40.1 Å². The summed E-state index contributed by atoms with van der Waals surface area (Å²) in [6.07, 6.45) is 1.06. The fourth-order valence-electron chi connectivity index (χ4n) is 7.36. The molecule has 7 nitrogen and oxygen atoms in total. The molecule has 38 heavy (non-hydrogen) atoms. The molecule has 2 amide bonds. The second kappa shape index (κ2) is 8.31. The molecule has 0 radical (unpaired) electrons. The van der Waals surface area contributed by atoms with Gasteiger partial charge in [-0.3, -0.25) is 24.5 Å². The Morgan fingerprint density at radius 1 is 0.816 bits per heavy atom. The van der Waals surface area contributed by atoms with Crippen LogP contribution in [0.4, 0.5) is 11.4 Å². The van der Waals surface area contributed by atoms with Gasteiger partial charge in [-0.05, 0) is 41.7 Å². The van der Waals surface area contributed by atoms with Crippen molar-refractivity contribution in [3.63, 3.8) is 0 Å². The number of nitrogens with zero attached hydrogens (tertiary/aromatic N) is 2. The number of benzene rings is 3. The van der Waals surface area contributed by atoms with Crippen molar-refractivity contribution in [3.8, 4) is 0 Å². The molecule has 6 rings (SSSR count). The number of non-ortho nitro benzene ring substituents is 1. The van der Waals surface area contributed by atoms with Crippen molar-refractivity contribution in [3.05, 3.63) is 106 Å². The molecule has 1 saturated heterocycles. The maximum atomic E-state index is 14.6. The molecule has 0 spiro atoms. The number of anilines is 1. The normalized spacial score (nSPS) is 27.8.